The van der Waals surface area contributed by atoms with E-state index in [1.54, 1.807) is 6.26 Å². The smallest absolute Gasteiger partial charge is 0.227 e. The summed E-state index contributed by atoms with van der Waals surface area (Å²) in [5.74, 6) is 1.39. The summed E-state index contributed by atoms with van der Waals surface area (Å²) in [6, 6.07) is 1.93. The molecule has 1 amide bonds. The van der Waals surface area contributed by atoms with E-state index in [4.69, 9.17) is 16.0 Å². The Bertz CT molecular complexity index is 940. The standard InChI is InChI=1S/C19H21ClN4O2/c1-11-7-15-17(12(2)18(11)20)14(9-26-15)8-16(25)24-5-3-13(4-6-24)19-21-10-22-23-19/h7,9-10,13H,3-6,8H2,1-2H3,(H,21,22,23). The number of furan rings is 1. The summed E-state index contributed by atoms with van der Waals surface area (Å²) in [4.78, 5) is 18.9. The minimum atomic E-state index is 0.125. The number of carbonyl (C=O) groups excluding carboxylic acids is 1. The molecule has 1 N–H and O–H groups in total. The number of nitrogens with one attached hydrogen (secondary N) is 1. The molecule has 7 heteroatoms. The molecule has 6 nitrogen and oxygen atoms in total. The normalized spacial score (nSPS) is 15.7. The predicted molar refractivity (Wildman–Crippen MR) is 99.3 cm³/mol. The fourth-order valence-electron chi connectivity index (χ4n) is 3.83. The van der Waals surface area contributed by atoms with E-state index < -0.39 is 0 Å². The van der Waals surface area contributed by atoms with Crippen molar-refractivity contribution < 1.29 is 9.21 Å². The van der Waals surface area contributed by atoms with Crippen LogP contribution in [0, 0.1) is 13.8 Å². The van der Waals surface area contributed by atoms with Gasteiger partial charge in [-0.25, -0.2) is 4.98 Å². The lowest BCUT2D eigenvalue weighted by Crippen LogP contribution is -2.39. The number of aromatic amines is 1. The minimum Gasteiger partial charge on any atom is -0.464 e. The van der Waals surface area contributed by atoms with Crippen LogP contribution in [0.3, 0.4) is 0 Å². The maximum Gasteiger partial charge on any atom is 0.227 e. The van der Waals surface area contributed by atoms with Crippen LogP contribution in [0.1, 0.15) is 41.3 Å². The van der Waals surface area contributed by atoms with Crippen molar-refractivity contribution in [2.75, 3.05) is 13.1 Å². The Balaban J connectivity index is 1.47. The van der Waals surface area contributed by atoms with Gasteiger partial charge < -0.3 is 9.32 Å². The van der Waals surface area contributed by atoms with Gasteiger partial charge in [0.05, 0.1) is 12.7 Å². The average Bonchev–Trinajstić information content (AvgIpc) is 3.30. The van der Waals surface area contributed by atoms with E-state index in [0.29, 0.717) is 12.3 Å². The molecule has 4 rings (SSSR count). The maximum absolute atomic E-state index is 12.8. The molecular weight excluding hydrogens is 352 g/mol. The van der Waals surface area contributed by atoms with Crippen LogP contribution in [0.5, 0.6) is 0 Å². The highest BCUT2D eigenvalue weighted by Gasteiger charge is 2.26. The molecule has 0 unspecified atom stereocenters. The van der Waals surface area contributed by atoms with Crippen molar-refractivity contribution in [3.8, 4) is 0 Å². The Kier molecular flexibility index (Phi) is 4.44. The Morgan fingerprint density at radius 2 is 2.15 bits per heavy atom. The zero-order chi connectivity index (χ0) is 18.3. The lowest BCUT2D eigenvalue weighted by molar-refractivity contribution is -0.131. The first kappa shape index (κ1) is 17.1. The van der Waals surface area contributed by atoms with Gasteiger partial charge in [-0.2, -0.15) is 5.10 Å². The summed E-state index contributed by atoms with van der Waals surface area (Å²) in [7, 11) is 0. The minimum absolute atomic E-state index is 0.125. The molecule has 0 spiro atoms. The van der Waals surface area contributed by atoms with E-state index in [-0.39, 0.29) is 5.91 Å². The van der Waals surface area contributed by atoms with Crippen molar-refractivity contribution in [2.24, 2.45) is 0 Å². The van der Waals surface area contributed by atoms with Gasteiger partial charge in [0.1, 0.15) is 17.7 Å². The number of nitrogens with zero attached hydrogens (tertiary/aromatic N) is 3. The number of aromatic nitrogens is 3. The fraction of sp³-hybridized carbons (Fsp3) is 0.421. The van der Waals surface area contributed by atoms with Gasteiger partial charge in [-0.1, -0.05) is 11.6 Å². The quantitative estimate of drug-likeness (QED) is 0.759. The van der Waals surface area contributed by atoms with Gasteiger partial charge in [0.15, 0.2) is 0 Å². The third-order valence-electron chi connectivity index (χ3n) is 5.30. The van der Waals surface area contributed by atoms with Crippen molar-refractivity contribution in [1.29, 1.82) is 0 Å². The highest BCUT2D eigenvalue weighted by Crippen LogP contribution is 2.33. The SMILES string of the molecule is Cc1cc2occ(CC(=O)N3CCC(c4ncn[nH]4)CC3)c2c(C)c1Cl. The molecule has 3 heterocycles. The molecule has 0 saturated carbocycles. The van der Waals surface area contributed by atoms with E-state index in [1.807, 2.05) is 24.8 Å². The Morgan fingerprint density at radius 3 is 2.85 bits per heavy atom. The Labute approximate surface area is 156 Å². The van der Waals surface area contributed by atoms with Gasteiger partial charge >= 0.3 is 0 Å². The van der Waals surface area contributed by atoms with Gasteiger partial charge in [-0.15, -0.1) is 0 Å². The van der Waals surface area contributed by atoms with Gasteiger partial charge in [-0.3, -0.25) is 9.89 Å². The molecule has 3 aromatic rings. The molecule has 1 aliphatic heterocycles. The monoisotopic (exact) mass is 372 g/mol. The van der Waals surface area contributed by atoms with Gasteiger partial charge in [0.2, 0.25) is 5.91 Å². The summed E-state index contributed by atoms with van der Waals surface area (Å²) in [5, 5.41) is 8.55. The highest BCUT2D eigenvalue weighted by atomic mass is 35.5. The number of likely N-dealkylation sites (tertiary alicyclic amines) is 1. The molecule has 0 bridgehead atoms. The number of rotatable bonds is 3. The van der Waals surface area contributed by atoms with Crippen molar-refractivity contribution in [1.82, 2.24) is 20.1 Å². The van der Waals surface area contributed by atoms with E-state index in [1.165, 1.54) is 6.33 Å². The second-order valence-electron chi connectivity index (χ2n) is 6.97. The Hall–Kier alpha value is -2.34. The lowest BCUT2D eigenvalue weighted by atomic mass is 9.95. The van der Waals surface area contributed by atoms with Crippen LogP contribution in [0.2, 0.25) is 5.02 Å². The first-order chi connectivity index (χ1) is 12.5. The average molecular weight is 373 g/mol. The van der Waals surface area contributed by atoms with E-state index in [2.05, 4.69) is 15.2 Å². The van der Waals surface area contributed by atoms with Crippen molar-refractivity contribution in [2.45, 2.75) is 39.0 Å². The molecule has 1 saturated heterocycles. The van der Waals surface area contributed by atoms with Crippen LogP contribution in [-0.4, -0.2) is 39.1 Å². The number of aryl methyl sites for hydroxylation is 2. The predicted octanol–water partition coefficient (Wildman–Crippen LogP) is 3.77. The van der Waals surface area contributed by atoms with Gasteiger partial charge in [0.25, 0.3) is 0 Å². The molecular formula is C19H21ClN4O2. The molecule has 1 fully saturated rings. The number of halogens is 1. The largest absolute Gasteiger partial charge is 0.464 e. The number of carbonyl (C=O) groups is 1. The summed E-state index contributed by atoms with van der Waals surface area (Å²) in [5.41, 5.74) is 3.65. The van der Waals surface area contributed by atoms with Crippen LogP contribution >= 0.6 is 11.6 Å². The summed E-state index contributed by atoms with van der Waals surface area (Å²) >= 11 is 6.38. The van der Waals surface area contributed by atoms with E-state index in [0.717, 1.165) is 64.4 Å². The van der Waals surface area contributed by atoms with Crippen LogP contribution in [0.25, 0.3) is 11.0 Å². The summed E-state index contributed by atoms with van der Waals surface area (Å²) in [6.45, 7) is 5.41. The van der Waals surface area contributed by atoms with E-state index in [9.17, 15) is 4.79 Å². The summed E-state index contributed by atoms with van der Waals surface area (Å²) in [6.07, 6.45) is 5.35. The van der Waals surface area contributed by atoms with Crippen LogP contribution in [0.15, 0.2) is 23.1 Å². The molecule has 0 aliphatic carbocycles. The molecule has 0 atom stereocenters. The number of hydrogen-bond donors (Lipinski definition) is 1. The number of H-pyrrole nitrogens is 1. The van der Waals surface area contributed by atoms with Crippen molar-refractivity contribution in [3.05, 3.63) is 46.2 Å². The van der Waals surface area contributed by atoms with E-state index >= 15 is 0 Å². The maximum atomic E-state index is 12.8. The number of fused-ring (bicyclic) bond motifs is 1. The van der Waals surface area contributed by atoms with Crippen LogP contribution in [0.4, 0.5) is 0 Å². The van der Waals surface area contributed by atoms with Crippen LogP contribution < -0.4 is 0 Å². The van der Waals surface area contributed by atoms with Crippen LogP contribution in [-0.2, 0) is 11.2 Å². The number of hydrogen-bond acceptors (Lipinski definition) is 4. The second-order valence-corrected chi connectivity index (χ2v) is 7.35. The molecule has 2 aromatic heterocycles. The molecule has 136 valence electrons. The third-order valence-corrected chi connectivity index (χ3v) is 5.88. The van der Waals surface area contributed by atoms with Gasteiger partial charge in [0, 0.05) is 35.0 Å². The number of piperidine rings is 1. The van der Waals surface area contributed by atoms with Crippen molar-refractivity contribution in [3.63, 3.8) is 0 Å². The number of benzene rings is 1. The lowest BCUT2D eigenvalue weighted by Gasteiger charge is -2.31. The van der Waals surface area contributed by atoms with Crippen molar-refractivity contribution >= 4 is 28.5 Å². The highest BCUT2D eigenvalue weighted by molar-refractivity contribution is 6.33. The first-order valence-electron chi connectivity index (χ1n) is 8.83. The Morgan fingerprint density at radius 1 is 1.38 bits per heavy atom. The second kappa shape index (κ2) is 6.76. The zero-order valence-corrected chi connectivity index (χ0v) is 15.6. The number of amides is 1. The molecule has 1 aromatic carbocycles. The topological polar surface area (TPSA) is 75.0 Å². The molecule has 0 radical (unpaired) electrons. The molecule has 26 heavy (non-hydrogen) atoms. The molecule has 1 aliphatic rings. The third kappa shape index (κ3) is 2.98. The summed E-state index contributed by atoms with van der Waals surface area (Å²) < 4.78 is 5.67. The first-order valence-corrected chi connectivity index (χ1v) is 9.21. The zero-order valence-electron chi connectivity index (χ0n) is 14.9. The fourth-order valence-corrected chi connectivity index (χ4v) is 3.98. The van der Waals surface area contributed by atoms with Gasteiger partial charge in [-0.05, 0) is 43.9 Å².